The molecule has 3 fully saturated rings. The van der Waals surface area contributed by atoms with Gasteiger partial charge in [-0.25, -0.2) is 32.6 Å². The molecule has 0 spiro atoms. The summed E-state index contributed by atoms with van der Waals surface area (Å²) in [7, 11) is -3.95. The SMILES string of the molecule is C[C@H]1COCCN1c1cc(C2(S(=O)(=O)c3ccc(F)cn3)CC2)nc(-c2ccc(NC(=O)NC3CC3)cc2)n1. The van der Waals surface area contributed by atoms with E-state index in [2.05, 4.69) is 20.5 Å². The normalized spacial score (nSPS) is 20.4. The predicted molar refractivity (Wildman–Crippen MR) is 143 cm³/mol. The van der Waals surface area contributed by atoms with Crippen molar-refractivity contribution in [3.05, 3.63) is 60.2 Å². The molecule has 204 valence electrons. The summed E-state index contributed by atoms with van der Waals surface area (Å²) in [5, 5.41) is 5.53. The van der Waals surface area contributed by atoms with E-state index in [9.17, 15) is 17.6 Å². The monoisotopic (exact) mass is 552 g/mol. The number of benzene rings is 1. The van der Waals surface area contributed by atoms with Gasteiger partial charge in [-0.15, -0.1) is 0 Å². The standard InChI is InChI=1S/C27H29FN6O4S/c1-17-16-38-13-12-34(17)23-14-22(27(10-11-27)39(36,37)24-9-4-19(28)15-29-24)32-25(33-23)18-2-5-20(6-3-18)30-26(35)31-21-7-8-21/h2-6,9,14-15,17,21H,7-8,10-13,16H2,1H3,(H2,30,31,35)/t17-/m0/s1. The van der Waals surface area contributed by atoms with Crippen molar-refractivity contribution in [3.63, 3.8) is 0 Å². The quantitative estimate of drug-likeness (QED) is 0.455. The summed E-state index contributed by atoms with van der Waals surface area (Å²) in [6.45, 7) is 3.70. The van der Waals surface area contributed by atoms with Crippen LogP contribution in [0.15, 0.2) is 53.7 Å². The number of urea groups is 1. The fourth-order valence-electron chi connectivity index (χ4n) is 4.79. The zero-order valence-corrected chi connectivity index (χ0v) is 22.2. The molecular weight excluding hydrogens is 523 g/mol. The summed E-state index contributed by atoms with van der Waals surface area (Å²) < 4.78 is 45.3. The van der Waals surface area contributed by atoms with E-state index in [1.807, 2.05) is 6.92 Å². The number of halogens is 1. The molecule has 3 heterocycles. The molecule has 1 aliphatic heterocycles. The molecule has 1 aromatic carbocycles. The van der Waals surface area contributed by atoms with Gasteiger partial charge in [0.1, 0.15) is 16.4 Å². The summed E-state index contributed by atoms with van der Waals surface area (Å²) in [6.07, 6.45) is 3.66. The van der Waals surface area contributed by atoms with E-state index in [0.29, 0.717) is 61.2 Å². The molecule has 3 aliphatic rings. The van der Waals surface area contributed by atoms with Crippen LogP contribution in [0.5, 0.6) is 0 Å². The highest BCUT2D eigenvalue weighted by Crippen LogP contribution is 2.55. The Balaban J connectivity index is 1.37. The largest absolute Gasteiger partial charge is 0.377 e. The number of carbonyl (C=O) groups excluding carboxylic acids is 1. The molecule has 2 aliphatic carbocycles. The van der Waals surface area contributed by atoms with E-state index in [1.54, 1.807) is 30.3 Å². The number of hydrogen-bond donors (Lipinski definition) is 2. The third kappa shape index (κ3) is 5.06. The highest BCUT2D eigenvalue weighted by atomic mass is 32.2. The van der Waals surface area contributed by atoms with Gasteiger partial charge in [0.25, 0.3) is 0 Å². The summed E-state index contributed by atoms with van der Waals surface area (Å²) in [5.74, 6) is 0.392. The maximum atomic E-state index is 13.7. The van der Waals surface area contributed by atoms with E-state index < -0.39 is 20.4 Å². The zero-order chi connectivity index (χ0) is 27.2. The molecular formula is C27H29FN6O4S. The molecule has 0 radical (unpaired) electrons. The van der Waals surface area contributed by atoms with E-state index >= 15 is 0 Å². The van der Waals surface area contributed by atoms with Crippen LogP contribution in [0, 0.1) is 5.82 Å². The molecule has 2 aromatic heterocycles. The number of rotatable bonds is 7. The van der Waals surface area contributed by atoms with Crippen molar-refractivity contribution in [1.29, 1.82) is 0 Å². The number of aromatic nitrogens is 3. The van der Waals surface area contributed by atoms with Gasteiger partial charge in [-0.2, -0.15) is 0 Å². The van der Waals surface area contributed by atoms with Crippen LogP contribution < -0.4 is 15.5 Å². The lowest BCUT2D eigenvalue weighted by molar-refractivity contribution is 0.0985. The third-order valence-electron chi connectivity index (χ3n) is 7.35. The number of ether oxygens (including phenoxy) is 1. The van der Waals surface area contributed by atoms with Crippen LogP contribution >= 0.6 is 0 Å². The second-order valence-corrected chi connectivity index (χ2v) is 12.5. The maximum absolute atomic E-state index is 13.7. The van der Waals surface area contributed by atoms with Crippen LogP contribution in [0.1, 0.15) is 38.3 Å². The molecule has 0 bridgehead atoms. The summed E-state index contributed by atoms with van der Waals surface area (Å²) >= 11 is 0. The van der Waals surface area contributed by atoms with E-state index in [-0.39, 0.29) is 23.1 Å². The number of anilines is 2. The Hall–Kier alpha value is -3.64. The molecule has 6 rings (SSSR count). The van der Waals surface area contributed by atoms with Crippen LogP contribution in [-0.2, 0) is 19.3 Å². The molecule has 10 nitrogen and oxygen atoms in total. The minimum atomic E-state index is -3.95. The van der Waals surface area contributed by atoms with Crippen molar-refractivity contribution in [2.24, 2.45) is 0 Å². The number of sulfone groups is 1. The number of carbonyl (C=O) groups is 1. The van der Waals surface area contributed by atoms with Gasteiger partial charge in [0.15, 0.2) is 10.9 Å². The lowest BCUT2D eigenvalue weighted by atomic mass is 10.1. The highest BCUT2D eigenvalue weighted by Gasteiger charge is 2.58. The van der Waals surface area contributed by atoms with Crippen molar-refractivity contribution >= 4 is 27.4 Å². The second kappa shape index (κ2) is 9.83. The molecule has 2 amide bonds. The molecule has 1 saturated heterocycles. The highest BCUT2D eigenvalue weighted by molar-refractivity contribution is 7.92. The first kappa shape index (κ1) is 25.6. The molecule has 12 heteroatoms. The van der Waals surface area contributed by atoms with Gasteiger partial charge in [0.05, 0.1) is 31.1 Å². The van der Waals surface area contributed by atoms with E-state index in [4.69, 9.17) is 14.7 Å². The van der Waals surface area contributed by atoms with Crippen LogP contribution in [0.25, 0.3) is 11.4 Å². The fraction of sp³-hybridized carbons (Fsp3) is 0.407. The lowest BCUT2D eigenvalue weighted by Gasteiger charge is -2.34. The van der Waals surface area contributed by atoms with Crippen LogP contribution in [-0.4, -0.2) is 61.2 Å². The molecule has 1 atom stereocenters. The average molecular weight is 553 g/mol. The second-order valence-electron chi connectivity index (χ2n) is 10.3. The number of pyridine rings is 1. The van der Waals surface area contributed by atoms with Gasteiger partial charge in [0.2, 0.25) is 9.84 Å². The zero-order valence-electron chi connectivity index (χ0n) is 21.4. The number of hydrogen-bond acceptors (Lipinski definition) is 8. The minimum Gasteiger partial charge on any atom is -0.377 e. The average Bonchev–Trinajstić information content (AvgIpc) is 3.85. The van der Waals surface area contributed by atoms with Gasteiger partial charge in [-0.1, -0.05) is 0 Å². The fourth-order valence-corrected chi connectivity index (χ4v) is 6.65. The van der Waals surface area contributed by atoms with Gasteiger partial charge in [0, 0.05) is 29.9 Å². The van der Waals surface area contributed by atoms with Gasteiger partial charge in [-0.05, 0) is 69.0 Å². The maximum Gasteiger partial charge on any atom is 0.319 e. The van der Waals surface area contributed by atoms with Crippen LogP contribution in [0.4, 0.5) is 20.7 Å². The first-order valence-corrected chi connectivity index (χ1v) is 14.5. The summed E-state index contributed by atoms with van der Waals surface area (Å²) in [5.41, 5.74) is 1.69. The molecule has 0 unspecified atom stereocenters. The molecule has 2 saturated carbocycles. The Bertz CT molecular complexity index is 1490. The molecule has 3 aromatic rings. The Kier molecular flexibility index (Phi) is 6.46. The Labute approximate surface area is 225 Å². The number of nitrogens with zero attached hydrogens (tertiary/aromatic N) is 4. The van der Waals surface area contributed by atoms with Crippen molar-refractivity contribution in [3.8, 4) is 11.4 Å². The lowest BCUT2D eigenvalue weighted by Crippen LogP contribution is -2.44. The number of nitrogens with one attached hydrogen (secondary N) is 2. The van der Waals surface area contributed by atoms with Crippen LogP contribution in [0.2, 0.25) is 0 Å². The Morgan fingerprint density at radius 3 is 2.54 bits per heavy atom. The van der Waals surface area contributed by atoms with Crippen molar-refractivity contribution in [2.45, 2.75) is 54.5 Å². The Morgan fingerprint density at radius 2 is 1.90 bits per heavy atom. The summed E-state index contributed by atoms with van der Waals surface area (Å²) in [6, 6.07) is 11.2. The van der Waals surface area contributed by atoms with Gasteiger partial charge >= 0.3 is 6.03 Å². The molecule has 2 N–H and O–H groups in total. The topological polar surface area (TPSA) is 126 Å². The van der Waals surface area contributed by atoms with Crippen molar-refractivity contribution < 1.29 is 22.3 Å². The first-order chi connectivity index (χ1) is 18.7. The Morgan fingerprint density at radius 1 is 1.13 bits per heavy atom. The number of morpholine rings is 1. The number of amides is 2. The predicted octanol–water partition coefficient (Wildman–Crippen LogP) is 3.65. The van der Waals surface area contributed by atoms with Gasteiger partial charge < -0.3 is 20.3 Å². The first-order valence-electron chi connectivity index (χ1n) is 13.0. The van der Waals surface area contributed by atoms with Crippen molar-refractivity contribution in [1.82, 2.24) is 20.3 Å². The van der Waals surface area contributed by atoms with E-state index in [1.165, 1.54) is 6.07 Å². The third-order valence-corrected chi connectivity index (χ3v) is 9.79. The minimum absolute atomic E-state index is 0.0384. The smallest absolute Gasteiger partial charge is 0.319 e. The van der Waals surface area contributed by atoms with Gasteiger partial charge in [-0.3, -0.25) is 0 Å². The van der Waals surface area contributed by atoms with Crippen molar-refractivity contribution in [2.75, 3.05) is 30.0 Å². The van der Waals surface area contributed by atoms with Crippen LogP contribution in [0.3, 0.4) is 0 Å². The van der Waals surface area contributed by atoms with E-state index in [0.717, 1.165) is 25.1 Å². The summed E-state index contributed by atoms with van der Waals surface area (Å²) in [4.78, 5) is 27.7. The molecule has 39 heavy (non-hydrogen) atoms.